The maximum absolute atomic E-state index is 5.57. The van der Waals surface area contributed by atoms with Gasteiger partial charge in [-0.2, -0.15) is 5.10 Å². The highest BCUT2D eigenvalue weighted by Gasteiger charge is 2.13. The molecule has 0 amide bonds. The monoisotopic (exact) mass is 245 g/mol. The van der Waals surface area contributed by atoms with Crippen molar-refractivity contribution in [1.82, 2.24) is 19.7 Å². The van der Waals surface area contributed by atoms with E-state index in [9.17, 15) is 0 Å². The SMILES string of the molecule is Cc1cc(-n2nc(C)c(CCCN)c2C)ncn1. The molecule has 0 aliphatic carbocycles. The molecule has 0 radical (unpaired) electrons. The van der Waals surface area contributed by atoms with Gasteiger partial charge in [-0.25, -0.2) is 14.6 Å². The molecule has 2 aromatic heterocycles. The number of nitrogens with zero attached hydrogens (tertiary/aromatic N) is 4. The van der Waals surface area contributed by atoms with Crippen LogP contribution in [-0.2, 0) is 6.42 Å². The lowest BCUT2D eigenvalue weighted by Gasteiger charge is -2.04. The van der Waals surface area contributed by atoms with Crippen molar-refractivity contribution in [3.05, 3.63) is 35.0 Å². The Morgan fingerprint density at radius 3 is 2.67 bits per heavy atom. The van der Waals surface area contributed by atoms with Crippen LogP contribution in [0.3, 0.4) is 0 Å². The van der Waals surface area contributed by atoms with E-state index in [0.717, 1.165) is 35.7 Å². The Morgan fingerprint density at radius 1 is 1.22 bits per heavy atom. The first-order valence-corrected chi connectivity index (χ1v) is 6.17. The Bertz CT molecular complexity index is 544. The van der Waals surface area contributed by atoms with Gasteiger partial charge in [0.25, 0.3) is 0 Å². The lowest BCUT2D eigenvalue weighted by molar-refractivity contribution is 0.792. The predicted octanol–water partition coefficient (Wildman–Crippen LogP) is 1.48. The van der Waals surface area contributed by atoms with Crippen molar-refractivity contribution < 1.29 is 0 Å². The quantitative estimate of drug-likeness (QED) is 0.885. The van der Waals surface area contributed by atoms with E-state index >= 15 is 0 Å². The van der Waals surface area contributed by atoms with Crippen LogP contribution >= 0.6 is 0 Å². The molecular weight excluding hydrogens is 226 g/mol. The molecule has 0 aliphatic heterocycles. The maximum Gasteiger partial charge on any atom is 0.157 e. The van der Waals surface area contributed by atoms with Gasteiger partial charge in [-0.1, -0.05) is 0 Å². The first kappa shape index (κ1) is 12.7. The molecule has 0 aliphatic rings. The summed E-state index contributed by atoms with van der Waals surface area (Å²) >= 11 is 0. The van der Waals surface area contributed by atoms with E-state index in [1.165, 1.54) is 5.56 Å². The fraction of sp³-hybridized carbons (Fsp3) is 0.462. The van der Waals surface area contributed by atoms with Gasteiger partial charge in [0.15, 0.2) is 5.82 Å². The zero-order valence-electron chi connectivity index (χ0n) is 11.1. The molecule has 18 heavy (non-hydrogen) atoms. The van der Waals surface area contributed by atoms with E-state index in [1.54, 1.807) is 6.33 Å². The second kappa shape index (κ2) is 5.27. The third-order valence-electron chi connectivity index (χ3n) is 3.08. The van der Waals surface area contributed by atoms with Crippen LogP contribution in [0.5, 0.6) is 0 Å². The fourth-order valence-electron chi connectivity index (χ4n) is 2.09. The topological polar surface area (TPSA) is 69.6 Å². The Labute approximate surface area is 107 Å². The molecule has 0 bridgehead atoms. The van der Waals surface area contributed by atoms with Gasteiger partial charge in [0.2, 0.25) is 0 Å². The van der Waals surface area contributed by atoms with Gasteiger partial charge in [-0.3, -0.25) is 0 Å². The molecule has 0 saturated carbocycles. The number of hydrogen-bond acceptors (Lipinski definition) is 4. The van der Waals surface area contributed by atoms with Crippen LogP contribution in [0.25, 0.3) is 5.82 Å². The second-order valence-corrected chi connectivity index (χ2v) is 4.47. The van der Waals surface area contributed by atoms with E-state index in [1.807, 2.05) is 24.6 Å². The zero-order valence-corrected chi connectivity index (χ0v) is 11.1. The number of rotatable bonds is 4. The molecule has 0 atom stereocenters. The number of nitrogens with two attached hydrogens (primary N) is 1. The molecule has 5 nitrogen and oxygen atoms in total. The van der Waals surface area contributed by atoms with Gasteiger partial charge >= 0.3 is 0 Å². The van der Waals surface area contributed by atoms with Crippen LogP contribution < -0.4 is 5.73 Å². The van der Waals surface area contributed by atoms with Crippen LogP contribution in [0.4, 0.5) is 0 Å². The van der Waals surface area contributed by atoms with Crippen LogP contribution in [0.2, 0.25) is 0 Å². The molecule has 0 saturated heterocycles. The lowest BCUT2D eigenvalue weighted by atomic mass is 10.1. The van der Waals surface area contributed by atoms with Crippen molar-refractivity contribution in [2.75, 3.05) is 6.54 Å². The lowest BCUT2D eigenvalue weighted by Crippen LogP contribution is -2.04. The molecule has 5 heteroatoms. The summed E-state index contributed by atoms with van der Waals surface area (Å²) in [6.07, 6.45) is 3.52. The van der Waals surface area contributed by atoms with Crippen LogP contribution in [-0.4, -0.2) is 26.3 Å². The highest BCUT2D eigenvalue weighted by Crippen LogP contribution is 2.18. The highest BCUT2D eigenvalue weighted by molar-refractivity contribution is 5.32. The van der Waals surface area contributed by atoms with Gasteiger partial charge in [-0.15, -0.1) is 0 Å². The molecule has 96 valence electrons. The Morgan fingerprint density at radius 2 is 2.00 bits per heavy atom. The summed E-state index contributed by atoms with van der Waals surface area (Å²) < 4.78 is 1.88. The Kier molecular flexibility index (Phi) is 3.72. The van der Waals surface area contributed by atoms with E-state index < -0.39 is 0 Å². The van der Waals surface area contributed by atoms with Crippen LogP contribution in [0.15, 0.2) is 12.4 Å². The first-order valence-electron chi connectivity index (χ1n) is 6.17. The maximum atomic E-state index is 5.57. The normalized spacial score (nSPS) is 10.9. The summed E-state index contributed by atoms with van der Waals surface area (Å²) in [5.41, 5.74) is 9.97. The minimum absolute atomic E-state index is 0.705. The zero-order chi connectivity index (χ0) is 13.1. The summed E-state index contributed by atoms with van der Waals surface area (Å²) in [4.78, 5) is 8.38. The number of aromatic nitrogens is 4. The van der Waals surface area contributed by atoms with E-state index in [2.05, 4.69) is 22.0 Å². The van der Waals surface area contributed by atoms with Crippen LogP contribution in [0, 0.1) is 20.8 Å². The third kappa shape index (κ3) is 2.41. The molecule has 2 N–H and O–H groups in total. The smallest absolute Gasteiger partial charge is 0.157 e. The molecule has 0 unspecified atom stereocenters. The van der Waals surface area contributed by atoms with Gasteiger partial charge in [0.1, 0.15) is 6.33 Å². The number of aryl methyl sites for hydroxylation is 2. The molecule has 0 spiro atoms. The minimum atomic E-state index is 0.705. The summed E-state index contributed by atoms with van der Waals surface area (Å²) in [6, 6.07) is 1.94. The molecule has 0 aromatic carbocycles. The first-order chi connectivity index (χ1) is 8.63. The summed E-state index contributed by atoms with van der Waals surface area (Å²) in [6.45, 7) is 6.76. The van der Waals surface area contributed by atoms with E-state index in [-0.39, 0.29) is 0 Å². The van der Waals surface area contributed by atoms with Crippen molar-refractivity contribution >= 4 is 0 Å². The van der Waals surface area contributed by atoms with Crippen LogP contribution in [0.1, 0.15) is 29.1 Å². The molecule has 2 heterocycles. The summed E-state index contributed by atoms with van der Waals surface area (Å²) in [5.74, 6) is 0.821. The average Bonchev–Trinajstić information content (AvgIpc) is 2.63. The molecular formula is C13H19N5. The van der Waals surface area contributed by atoms with Crippen molar-refractivity contribution in [3.8, 4) is 5.82 Å². The minimum Gasteiger partial charge on any atom is -0.330 e. The van der Waals surface area contributed by atoms with E-state index in [4.69, 9.17) is 5.73 Å². The van der Waals surface area contributed by atoms with Crippen molar-refractivity contribution in [2.24, 2.45) is 5.73 Å². The number of hydrogen-bond donors (Lipinski definition) is 1. The Hall–Kier alpha value is -1.75. The average molecular weight is 245 g/mol. The van der Waals surface area contributed by atoms with Gasteiger partial charge < -0.3 is 5.73 Å². The molecule has 0 fully saturated rings. The summed E-state index contributed by atoms with van der Waals surface area (Å²) in [5, 5.41) is 4.56. The molecule has 2 rings (SSSR count). The van der Waals surface area contributed by atoms with Gasteiger partial charge in [-0.05, 0) is 45.7 Å². The fourth-order valence-corrected chi connectivity index (χ4v) is 2.09. The molecule has 2 aromatic rings. The van der Waals surface area contributed by atoms with Crippen molar-refractivity contribution in [2.45, 2.75) is 33.6 Å². The van der Waals surface area contributed by atoms with Gasteiger partial charge in [0, 0.05) is 17.5 Å². The largest absolute Gasteiger partial charge is 0.330 e. The Balaban J connectivity index is 2.40. The van der Waals surface area contributed by atoms with Gasteiger partial charge in [0.05, 0.1) is 5.69 Å². The standard InChI is InChI=1S/C13H19N5/c1-9-7-13(16-8-15-9)18-11(3)12(5-4-6-14)10(2)17-18/h7-8H,4-6,14H2,1-3H3. The van der Waals surface area contributed by atoms with Crippen molar-refractivity contribution in [1.29, 1.82) is 0 Å². The second-order valence-electron chi connectivity index (χ2n) is 4.47. The van der Waals surface area contributed by atoms with Crippen molar-refractivity contribution in [3.63, 3.8) is 0 Å². The predicted molar refractivity (Wildman–Crippen MR) is 70.7 cm³/mol. The highest BCUT2D eigenvalue weighted by atomic mass is 15.3. The van der Waals surface area contributed by atoms with E-state index in [0.29, 0.717) is 6.54 Å². The third-order valence-corrected chi connectivity index (χ3v) is 3.08. The summed E-state index contributed by atoms with van der Waals surface area (Å²) in [7, 11) is 0.